The standard InChI is InChI=1S/C21H21N3O6S2/c1-15-6-7-19(12-16(15)2)23-32(29,30)21-10-8-18(9-11-21)22-31(27,28)14-17-4-3-5-20(13-17)24(25)26/h3-13,22-23H,14H2,1-2H3. The van der Waals surface area contributed by atoms with Gasteiger partial charge in [0.2, 0.25) is 10.0 Å². The molecule has 0 aliphatic heterocycles. The van der Waals surface area contributed by atoms with Crippen LogP contribution in [0.25, 0.3) is 0 Å². The molecule has 0 fully saturated rings. The molecule has 0 atom stereocenters. The number of rotatable bonds is 8. The Morgan fingerprint density at radius 3 is 2.09 bits per heavy atom. The average Bonchev–Trinajstić information content (AvgIpc) is 2.70. The predicted octanol–water partition coefficient (Wildman–Crippen LogP) is 3.95. The normalized spacial score (nSPS) is 11.7. The molecule has 3 aromatic carbocycles. The van der Waals surface area contributed by atoms with Crippen LogP contribution in [0.4, 0.5) is 17.1 Å². The molecule has 0 amide bonds. The third-order valence-corrected chi connectivity index (χ3v) is 7.33. The van der Waals surface area contributed by atoms with E-state index in [4.69, 9.17) is 0 Å². The molecule has 2 N–H and O–H groups in total. The summed E-state index contributed by atoms with van der Waals surface area (Å²) in [4.78, 5) is 10.2. The van der Waals surface area contributed by atoms with E-state index in [-0.39, 0.29) is 21.8 Å². The Morgan fingerprint density at radius 2 is 1.47 bits per heavy atom. The molecule has 0 spiro atoms. The fourth-order valence-corrected chi connectivity index (χ4v) is 5.15. The van der Waals surface area contributed by atoms with E-state index in [1.54, 1.807) is 12.1 Å². The first-order chi connectivity index (χ1) is 14.9. The van der Waals surface area contributed by atoms with Gasteiger partial charge in [0.15, 0.2) is 0 Å². The molecule has 3 aromatic rings. The summed E-state index contributed by atoms with van der Waals surface area (Å²) >= 11 is 0. The number of nitrogens with one attached hydrogen (secondary N) is 2. The number of nitro groups is 1. The maximum Gasteiger partial charge on any atom is 0.269 e. The summed E-state index contributed by atoms with van der Waals surface area (Å²) in [7, 11) is -7.73. The van der Waals surface area contributed by atoms with Crippen molar-refractivity contribution in [2.24, 2.45) is 0 Å². The highest BCUT2D eigenvalue weighted by molar-refractivity contribution is 7.92. The molecule has 168 valence electrons. The van der Waals surface area contributed by atoms with E-state index < -0.39 is 30.7 Å². The van der Waals surface area contributed by atoms with Crippen molar-refractivity contribution in [3.63, 3.8) is 0 Å². The first-order valence-corrected chi connectivity index (χ1v) is 12.5. The molecule has 9 nitrogen and oxygen atoms in total. The van der Waals surface area contributed by atoms with Crippen LogP contribution in [0, 0.1) is 24.0 Å². The lowest BCUT2D eigenvalue weighted by Gasteiger charge is -2.11. The number of non-ortho nitro benzene ring substituents is 1. The molecule has 0 bridgehead atoms. The van der Waals surface area contributed by atoms with E-state index in [2.05, 4.69) is 9.44 Å². The second kappa shape index (κ2) is 8.97. The van der Waals surface area contributed by atoms with Gasteiger partial charge in [0.25, 0.3) is 15.7 Å². The zero-order valence-electron chi connectivity index (χ0n) is 17.3. The van der Waals surface area contributed by atoms with Crippen LogP contribution in [0.2, 0.25) is 0 Å². The van der Waals surface area contributed by atoms with Crippen LogP contribution in [-0.4, -0.2) is 21.8 Å². The highest BCUT2D eigenvalue weighted by Crippen LogP contribution is 2.22. The Bertz CT molecular complexity index is 1370. The van der Waals surface area contributed by atoms with Crippen molar-refractivity contribution in [2.75, 3.05) is 9.44 Å². The van der Waals surface area contributed by atoms with E-state index >= 15 is 0 Å². The quantitative estimate of drug-likeness (QED) is 0.374. The maximum absolute atomic E-state index is 12.6. The lowest BCUT2D eigenvalue weighted by atomic mass is 10.1. The van der Waals surface area contributed by atoms with Gasteiger partial charge in [0.1, 0.15) is 0 Å². The Labute approximate surface area is 186 Å². The molecule has 0 unspecified atom stereocenters. The second-order valence-electron chi connectivity index (χ2n) is 7.22. The van der Waals surface area contributed by atoms with E-state index in [9.17, 15) is 26.9 Å². The predicted molar refractivity (Wildman–Crippen MR) is 123 cm³/mol. The van der Waals surface area contributed by atoms with Gasteiger partial charge < -0.3 is 0 Å². The molecule has 0 saturated heterocycles. The van der Waals surface area contributed by atoms with Crippen molar-refractivity contribution in [1.29, 1.82) is 0 Å². The fourth-order valence-electron chi connectivity index (χ4n) is 2.92. The zero-order valence-corrected chi connectivity index (χ0v) is 18.9. The summed E-state index contributed by atoms with van der Waals surface area (Å²) < 4.78 is 54.9. The zero-order chi connectivity index (χ0) is 23.5. The third kappa shape index (κ3) is 5.83. The number of benzene rings is 3. The number of sulfonamides is 2. The Morgan fingerprint density at radius 1 is 0.812 bits per heavy atom. The van der Waals surface area contributed by atoms with Crippen LogP contribution in [-0.2, 0) is 25.8 Å². The summed E-state index contributed by atoms with van der Waals surface area (Å²) in [5.41, 5.74) is 2.62. The number of nitro benzene ring substituents is 1. The van der Waals surface area contributed by atoms with Crippen LogP contribution in [0.5, 0.6) is 0 Å². The van der Waals surface area contributed by atoms with Gasteiger partial charge in [-0.05, 0) is 66.9 Å². The van der Waals surface area contributed by atoms with Gasteiger partial charge in [-0.1, -0.05) is 18.2 Å². The van der Waals surface area contributed by atoms with Crippen molar-refractivity contribution in [3.05, 3.63) is 93.5 Å². The molecule has 11 heteroatoms. The van der Waals surface area contributed by atoms with Gasteiger partial charge >= 0.3 is 0 Å². The topological polar surface area (TPSA) is 135 Å². The summed E-state index contributed by atoms with van der Waals surface area (Å²) in [5, 5.41) is 10.9. The van der Waals surface area contributed by atoms with Crippen molar-refractivity contribution >= 4 is 37.1 Å². The molecule has 0 aliphatic carbocycles. The number of aryl methyl sites for hydroxylation is 2. The van der Waals surface area contributed by atoms with E-state index in [0.29, 0.717) is 5.69 Å². The Balaban J connectivity index is 1.72. The largest absolute Gasteiger partial charge is 0.283 e. The smallest absolute Gasteiger partial charge is 0.269 e. The Hall–Kier alpha value is -3.44. The van der Waals surface area contributed by atoms with Gasteiger partial charge in [0, 0.05) is 23.5 Å². The molecule has 0 aliphatic rings. The van der Waals surface area contributed by atoms with Crippen LogP contribution >= 0.6 is 0 Å². The number of anilines is 2. The minimum Gasteiger partial charge on any atom is -0.283 e. The molecule has 0 heterocycles. The summed E-state index contributed by atoms with van der Waals surface area (Å²) in [6.45, 7) is 3.80. The van der Waals surface area contributed by atoms with Crippen molar-refractivity contribution in [3.8, 4) is 0 Å². The lowest BCUT2D eigenvalue weighted by Crippen LogP contribution is -2.16. The van der Waals surface area contributed by atoms with Gasteiger partial charge in [0.05, 0.1) is 15.6 Å². The van der Waals surface area contributed by atoms with Crippen molar-refractivity contribution in [1.82, 2.24) is 0 Å². The molecule has 0 radical (unpaired) electrons. The molecule has 0 aromatic heterocycles. The SMILES string of the molecule is Cc1ccc(NS(=O)(=O)c2ccc(NS(=O)(=O)Cc3cccc([N+](=O)[O-])c3)cc2)cc1C. The molecule has 3 rings (SSSR count). The Kier molecular flexibility index (Phi) is 6.51. The van der Waals surface area contributed by atoms with Crippen molar-refractivity contribution < 1.29 is 21.8 Å². The van der Waals surface area contributed by atoms with Gasteiger partial charge in [-0.3, -0.25) is 19.6 Å². The first kappa shape index (κ1) is 23.2. The monoisotopic (exact) mass is 475 g/mol. The van der Waals surface area contributed by atoms with Gasteiger partial charge in [-0.15, -0.1) is 0 Å². The summed E-state index contributed by atoms with van der Waals surface area (Å²) in [6, 6.07) is 15.8. The summed E-state index contributed by atoms with van der Waals surface area (Å²) in [5.74, 6) is -0.469. The van der Waals surface area contributed by atoms with Crippen molar-refractivity contribution in [2.45, 2.75) is 24.5 Å². The van der Waals surface area contributed by atoms with Crippen LogP contribution < -0.4 is 9.44 Å². The third-order valence-electron chi connectivity index (χ3n) is 4.68. The molecular formula is C21H21N3O6S2. The maximum atomic E-state index is 12.6. The fraction of sp³-hybridized carbons (Fsp3) is 0.143. The minimum absolute atomic E-state index is 0.0302. The van der Waals surface area contributed by atoms with Crippen LogP contribution in [0.1, 0.15) is 16.7 Å². The average molecular weight is 476 g/mol. The number of hydrogen-bond acceptors (Lipinski definition) is 6. The van der Waals surface area contributed by atoms with Gasteiger partial charge in [-0.25, -0.2) is 16.8 Å². The van der Waals surface area contributed by atoms with E-state index in [0.717, 1.165) is 11.1 Å². The molecule has 32 heavy (non-hydrogen) atoms. The first-order valence-electron chi connectivity index (χ1n) is 9.39. The summed E-state index contributed by atoms with van der Waals surface area (Å²) in [6.07, 6.45) is 0. The van der Waals surface area contributed by atoms with E-state index in [1.165, 1.54) is 48.5 Å². The molecule has 0 saturated carbocycles. The van der Waals surface area contributed by atoms with Gasteiger partial charge in [-0.2, -0.15) is 0 Å². The highest BCUT2D eigenvalue weighted by atomic mass is 32.2. The highest BCUT2D eigenvalue weighted by Gasteiger charge is 2.17. The number of nitrogens with zero attached hydrogens (tertiary/aromatic N) is 1. The van der Waals surface area contributed by atoms with E-state index in [1.807, 2.05) is 19.9 Å². The lowest BCUT2D eigenvalue weighted by molar-refractivity contribution is -0.384. The van der Waals surface area contributed by atoms with Crippen LogP contribution in [0.3, 0.4) is 0 Å². The minimum atomic E-state index is -3.87. The van der Waals surface area contributed by atoms with Crippen LogP contribution in [0.15, 0.2) is 71.6 Å². The second-order valence-corrected chi connectivity index (χ2v) is 10.6. The molecular weight excluding hydrogens is 454 g/mol. The number of hydrogen-bond donors (Lipinski definition) is 2.